The molecule has 0 aromatic heterocycles. The maximum atomic E-state index is 11.8. The van der Waals surface area contributed by atoms with E-state index in [1.54, 1.807) is 6.92 Å². The van der Waals surface area contributed by atoms with Crippen LogP contribution in [0.2, 0.25) is 0 Å². The standard InChI is InChI=1S/C15H24N2O3S/c1-5-21(19,20)7-6-16-15(18)17-13(4)14-9-11(2)8-12(3)10-14/h8-10,13H,5-7H2,1-4H3,(H2,16,17,18)/t13-/m1/s1. The van der Waals surface area contributed by atoms with Crippen LogP contribution in [0.1, 0.15) is 36.6 Å². The van der Waals surface area contributed by atoms with Crippen molar-refractivity contribution in [1.29, 1.82) is 0 Å². The molecule has 0 radical (unpaired) electrons. The fraction of sp³-hybridized carbons (Fsp3) is 0.533. The van der Waals surface area contributed by atoms with Crippen LogP contribution in [0.3, 0.4) is 0 Å². The molecule has 21 heavy (non-hydrogen) atoms. The first-order chi connectivity index (χ1) is 9.73. The highest BCUT2D eigenvalue weighted by atomic mass is 32.2. The molecule has 0 unspecified atom stereocenters. The van der Waals surface area contributed by atoms with E-state index in [9.17, 15) is 13.2 Å². The smallest absolute Gasteiger partial charge is 0.315 e. The van der Waals surface area contributed by atoms with Gasteiger partial charge in [-0.15, -0.1) is 0 Å². The first-order valence-electron chi connectivity index (χ1n) is 7.06. The number of aryl methyl sites for hydroxylation is 2. The van der Waals surface area contributed by atoms with Crippen molar-refractivity contribution in [3.8, 4) is 0 Å². The summed E-state index contributed by atoms with van der Waals surface area (Å²) in [5.74, 6) is 0.0596. The van der Waals surface area contributed by atoms with E-state index >= 15 is 0 Å². The summed E-state index contributed by atoms with van der Waals surface area (Å²) in [7, 11) is -3.05. The number of carbonyl (C=O) groups excluding carboxylic acids is 1. The number of benzene rings is 1. The molecule has 0 saturated heterocycles. The van der Waals surface area contributed by atoms with Gasteiger partial charge in [0, 0.05) is 12.3 Å². The van der Waals surface area contributed by atoms with Crippen molar-refractivity contribution in [3.63, 3.8) is 0 Å². The Morgan fingerprint density at radius 1 is 1.19 bits per heavy atom. The van der Waals surface area contributed by atoms with Gasteiger partial charge in [0.15, 0.2) is 9.84 Å². The van der Waals surface area contributed by atoms with Gasteiger partial charge in [-0.05, 0) is 26.3 Å². The first-order valence-corrected chi connectivity index (χ1v) is 8.88. The van der Waals surface area contributed by atoms with Crippen LogP contribution < -0.4 is 10.6 Å². The maximum absolute atomic E-state index is 11.8. The lowest BCUT2D eigenvalue weighted by Gasteiger charge is -2.16. The molecule has 1 aromatic rings. The second kappa shape index (κ2) is 7.45. The third-order valence-electron chi connectivity index (χ3n) is 3.23. The predicted octanol–water partition coefficient (Wildman–Crippen LogP) is 2.10. The van der Waals surface area contributed by atoms with Crippen LogP contribution >= 0.6 is 0 Å². The molecule has 0 spiro atoms. The average Bonchev–Trinajstić information content (AvgIpc) is 2.37. The van der Waals surface area contributed by atoms with Gasteiger partial charge in [-0.25, -0.2) is 13.2 Å². The Balaban J connectivity index is 2.51. The molecule has 1 atom stereocenters. The monoisotopic (exact) mass is 312 g/mol. The summed E-state index contributed by atoms with van der Waals surface area (Å²) in [6.07, 6.45) is 0. The largest absolute Gasteiger partial charge is 0.337 e. The molecule has 0 fully saturated rings. The van der Waals surface area contributed by atoms with Gasteiger partial charge in [-0.1, -0.05) is 36.2 Å². The van der Waals surface area contributed by atoms with E-state index in [1.807, 2.05) is 32.9 Å². The molecule has 0 aliphatic carbocycles. The molecule has 0 aliphatic rings. The number of amides is 2. The Hall–Kier alpha value is -1.56. The number of hydrogen-bond donors (Lipinski definition) is 2. The van der Waals surface area contributed by atoms with Crippen molar-refractivity contribution in [2.45, 2.75) is 33.7 Å². The van der Waals surface area contributed by atoms with Gasteiger partial charge >= 0.3 is 6.03 Å². The highest BCUT2D eigenvalue weighted by Crippen LogP contribution is 2.16. The lowest BCUT2D eigenvalue weighted by molar-refractivity contribution is 0.238. The van der Waals surface area contributed by atoms with Crippen molar-refractivity contribution in [3.05, 3.63) is 34.9 Å². The summed E-state index contributed by atoms with van der Waals surface area (Å²) in [5, 5.41) is 5.38. The fourth-order valence-electron chi connectivity index (χ4n) is 2.06. The minimum Gasteiger partial charge on any atom is -0.337 e. The summed E-state index contributed by atoms with van der Waals surface area (Å²) < 4.78 is 22.7. The van der Waals surface area contributed by atoms with Gasteiger partial charge in [0.2, 0.25) is 0 Å². The van der Waals surface area contributed by atoms with Crippen molar-refractivity contribution in [2.75, 3.05) is 18.1 Å². The van der Waals surface area contributed by atoms with Crippen molar-refractivity contribution in [2.24, 2.45) is 0 Å². The van der Waals surface area contributed by atoms with Gasteiger partial charge in [0.05, 0.1) is 11.8 Å². The maximum Gasteiger partial charge on any atom is 0.315 e. The van der Waals surface area contributed by atoms with E-state index in [0.717, 1.165) is 16.7 Å². The summed E-state index contributed by atoms with van der Waals surface area (Å²) in [6.45, 7) is 7.65. The van der Waals surface area contributed by atoms with E-state index in [0.29, 0.717) is 0 Å². The lowest BCUT2D eigenvalue weighted by Crippen LogP contribution is -2.39. The number of urea groups is 1. The van der Waals surface area contributed by atoms with Crippen LogP contribution in [-0.4, -0.2) is 32.5 Å². The van der Waals surface area contributed by atoms with E-state index in [2.05, 4.69) is 16.7 Å². The van der Waals surface area contributed by atoms with Crippen LogP contribution in [0.15, 0.2) is 18.2 Å². The quantitative estimate of drug-likeness (QED) is 0.844. The molecule has 5 nitrogen and oxygen atoms in total. The van der Waals surface area contributed by atoms with Gasteiger partial charge in [-0.2, -0.15) is 0 Å². The van der Waals surface area contributed by atoms with Gasteiger partial charge in [0.25, 0.3) is 0 Å². The molecular formula is C15H24N2O3S. The van der Waals surface area contributed by atoms with Crippen LogP contribution in [0.5, 0.6) is 0 Å². The summed E-state index contributed by atoms with van der Waals surface area (Å²) in [6, 6.07) is 5.64. The summed E-state index contributed by atoms with van der Waals surface area (Å²) in [4.78, 5) is 11.8. The molecule has 0 bridgehead atoms. The lowest BCUT2D eigenvalue weighted by atomic mass is 10.0. The Bertz CT molecular complexity index is 577. The third kappa shape index (κ3) is 6.16. The molecular weight excluding hydrogens is 288 g/mol. The Labute approximate surface area is 127 Å². The van der Waals surface area contributed by atoms with Crippen molar-refractivity contribution >= 4 is 15.9 Å². The first kappa shape index (κ1) is 17.5. The molecule has 0 heterocycles. The topological polar surface area (TPSA) is 75.3 Å². The summed E-state index contributed by atoms with van der Waals surface area (Å²) in [5.41, 5.74) is 3.32. The number of carbonyl (C=O) groups is 1. The van der Waals surface area contributed by atoms with E-state index in [-0.39, 0.29) is 30.1 Å². The fourth-order valence-corrected chi connectivity index (χ4v) is 2.76. The van der Waals surface area contributed by atoms with E-state index in [4.69, 9.17) is 0 Å². The van der Waals surface area contributed by atoms with E-state index < -0.39 is 9.84 Å². The molecule has 2 amide bonds. The number of nitrogens with one attached hydrogen (secondary N) is 2. The van der Waals surface area contributed by atoms with Gasteiger partial charge < -0.3 is 10.6 Å². The molecule has 6 heteroatoms. The number of hydrogen-bond acceptors (Lipinski definition) is 3. The average molecular weight is 312 g/mol. The van der Waals surface area contributed by atoms with Crippen LogP contribution in [0.25, 0.3) is 0 Å². The zero-order chi connectivity index (χ0) is 16.0. The molecule has 1 rings (SSSR count). The Morgan fingerprint density at radius 2 is 1.76 bits per heavy atom. The zero-order valence-corrected chi connectivity index (χ0v) is 13.9. The highest BCUT2D eigenvalue weighted by molar-refractivity contribution is 7.91. The number of sulfone groups is 1. The van der Waals surface area contributed by atoms with Crippen LogP contribution in [0.4, 0.5) is 4.79 Å². The predicted molar refractivity (Wildman–Crippen MR) is 85.2 cm³/mol. The zero-order valence-electron chi connectivity index (χ0n) is 13.1. The van der Waals surface area contributed by atoms with E-state index in [1.165, 1.54) is 0 Å². The molecule has 0 aliphatic heterocycles. The van der Waals surface area contributed by atoms with Crippen molar-refractivity contribution in [1.82, 2.24) is 10.6 Å². The Kier molecular flexibility index (Phi) is 6.20. The second-order valence-corrected chi connectivity index (χ2v) is 7.75. The van der Waals surface area contributed by atoms with Crippen molar-refractivity contribution < 1.29 is 13.2 Å². The Morgan fingerprint density at radius 3 is 2.29 bits per heavy atom. The van der Waals surface area contributed by atoms with Gasteiger partial charge in [-0.3, -0.25) is 0 Å². The number of rotatable bonds is 6. The van der Waals surface area contributed by atoms with Crippen LogP contribution in [0, 0.1) is 13.8 Å². The molecule has 2 N–H and O–H groups in total. The second-order valence-electron chi connectivity index (χ2n) is 5.28. The minimum absolute atomic E-state index is 0.0329. The SMILES string of the molecule is CCS(=O)(=O)CCNC(=O)N[C@H](C)c1cc(C)cc(C)c1. The highest BCUT2D eigenvalue weighted by Gasteiger charge is 2.11. The molecule has 0 saturated carbocycles. The molecule has 1 aromatic carbocycles. The summed E-state index contributed by atoms with van der Waals surface area (Å²) >= 11 is 0. The van der Waals surface area contributed by atoms with Gasteiger partial charge in [0.1, 0.15) is 0 Å². The van der Waals surface area contributed by atoms with Crippen LogP contribution in [-0.2, 0) is 9.84 Å². The third-order valence-corrected chi connectivity index (χ3v) is 4.94. The normalized spacial score (nSPS) is 12.8. The molecule has 118 valence electrons. The minimum atomic E-state index is -3.05.